The van der Waals surface area contributed by atoms with Gasteiger partial charge in [-0.25, -0.2) is 0 Å². The zero-order valence-corrected chi connectivity index (χ0v) is 2.15. The molecule has 0 heterocycles. The van der Waals surface area contributed by atoms with Crippen LogP contribution in [0.5, 0.6) is 0 Å². The fourth-order valence-electron chi connectivity index (χ4n) is 0. The molecule has 0 saturated heterocycles. The zero-order valence-electron chi connectivity index (χ0n) is 2.15. The van der Waals surface area contributed by atoms with Crippen LogP contribution >= 0.6 is 0 Å². The van der Waals surface area contributed by atoms with Gasteiger partial charge in [-0.15, -0.1) is 0 Å². The quantitative estimate of drug-likeness (QED) is 0.323. The van der Waals surface area contributed by atoms with Gasteiger partial charge in [0.05, 0.1) is 0 Å². The summed E-state index contributed by atoms with van der Waals surface area (Å²) in [5, 5.41) is 7.57. The molecule has 0 rings (SSSR count). The Kier molecular flexibility index (Phi) is 20.0. The molecule has 0 aliphatic carbocycles. The van der Waals surface area contributed by atoms with Gasteiger partial charge < -0.3 is 5.11 Å². The number of aliphatic hydroxyl groups excluding tert-OH is 1. The second-order valence-electron chi connectivity index (χ2n) is 0.316. The fourth-order valence-corrected chi connectivity index (χ4v) is 0. The first-order chi connectivity index (χ1) is 1.41. The summed E-state index contributed by atoms with van der Waals surface area (Å²) in [7, 11) is 1.68. The molecule has 0 spiro atoms. The van der Waals surface area contributed by atoms with Crippen LogP contribution in [0.25, 0.3) is 0 Å². The molecule has 3 heteroatoms. The Morgan fingerprint density at radius 1 is 1.75 bits per heavy atom. The van der Waals surface area contributed by atoms with Gasteiger partial charge in [-0.2, -0.15) is 0 Å². The molecule has 0 unspecified atom stereocenters. The molecule has 0 amide bonds. The second kappa shape index (κ2) is 8.98. The molecule has 1 N–H and O–H groups in total. The van der Waals surface area contributed by atoms with Crippen molar-refractivity contribution in [3.8, 4) is 0 Å². The van der Waals surface area contributed by atoms with Crippen LogP contribution in [0.4, 0.5) is 0 Å². The molecule has 0 aromatic heterocycles. The third-order valence-electron chi connectivity index (χ3n) is 0. The van der Waals surface area contributed by atoms with Crippen LogP contribution in [0.15, 0.2) is 0 Å². The molecule has 0 fully saturated rings. The van der Waals surface area contributed by atoms with E-state index in [1.165, 1.54) is 0 Å². The van der Waals surface area contributed by atoms with Gasteiger partial charge in [0.2, 0.25) is 0 Å². The Bertz CT molecular complexity index is 8.00. The van der Waals surface area contributed by atoms with Crippen LogP contribution in [-0.4, -0.2) is 49.0 Å². The molecule has 0 radical (unpaired) electrons. The van der Waals surface area contributed by atoms with Crippen molar-refractivity contribution in [1.29, 1.82) is 0 Å². The molecular formula is CH6BNaO. The first-order valence-electron chi connectivity index (χ1n) is 1.02. The Balaban J connectivity index is 0. The number of hydrogen-bond donors (Lipinski definition) is 1. The van der Waals surface area contributed by atoms with Gasteiger partial charge in [0, 0.05) is 6.51 Å². The van der Waals surface area contributed by atoms with Gasteiger partial charge in [0.1, 0.15) is 7.85 Å². The van der Waals surface area contributed by atoms with Crippen molar-refractivity contribution in [2.45, 2.75) is 0 Å². The summed E-state index contributed by atoms with van der Waals surface area (Å²) in [6.07, 6.45) is 0. The Morgan fingerprint density at radius 3 is 1.75 bits per heavy atom. The van der Waals surface area contributed by atoms with Gasteiger partial charge >= 0.3 is 29.6 Å². The summed E-state index contributed by atoms with van der Waals surface area (Å²) in [6, 6.07) is 0. The Morgan fingerprint density at radius 2 is 1.75 bits per heavy atom. The van der Waals surface area contributed by atoms with E-state index in [9.17, 15) is 0 Å². The number of aliphatic hydroxyl groups is 1. The number of hydrogen-bond acceptors (Lipinski definition) is 1. The molecule has 0 aromatic rings. The third kappa shape index (κ3) is 11.8. The van der Waals surface area contributed by atoms with Gasteiger partial charge in [0.15, 0.2) is 0 Å². The molecule has 0 aliphatic rings. The maximum absolute atomic E-state index is 7.57. The van der Waals surface area contributed by atoms with E-state index in [-0.39, 0.29) is 36.1 Å². The SMILES string of the molecule is BCO.[NaH]. The van der Waals surface area contributed by atoms with Crippen LogP contribution in [0.2, 0.25) is 0 Å². The topological polar surface area (TPSA) is 20.2 Å². The maximum atomic E-state index is 7.57. The van der Waals surface area contributed by atoms with Crippen LogP contribution in [0.1, 0.15) is 0 Å². The molecule has 0 aromatic carbocycles. The van der Waals surface area contributed by atoms with E-state index >= 15 is 0 Å². The van der Waals surface area contributed by atoms with Crippen molar-refractivity contribution in [2.75, 3.05) is 6.51 Å². The summed E-state index contributed by atoms with van der Waals surface area (Å²) in [6.45, 7) is 0.250. The second-order valence-corrected chi connectivity index (χ2v) is 0.316. The fraction of sp³-hybridized carbons (Fsp3) is 1.00. The predicted octanol–water partition coefficient (Wildman–Crippen LogP) is -2.08. The standard InChI is InChI=1S/CH5BO.Na.H/c2-1-3;;/h3H,1-2H2;;. The summed E-state index contributed by atoms with van der Waals surface area (Å²) in [4.78, 5) is 0. The minimum atomic E-state index is 0. The van der Waals surface area contributed by atoms with E-state index in [0.717, 1.165) is 0 Å². The summed E-state index contributed by atoms with van der Waals surface area (Å²) in [5.74, 6) is 0. The van der Waals surface area contributed by atoms with E-state index in [1.54, 1.807) is 7.85 Å². The summed E-state index contributed by atoms with van der Waals surface area (Å²) >= 11 is 0. The molecule has 0 aliphatic heterocycles. The van der Waals surface area contributed by atoms with Crippen molar-refractivity contribution < 1.29 is 5.11 Å². The van der Waals surface area contributed by atoms with Crippen molar-refractivity contribution >= 4 is 37.4 Å². The van der Waals surface area contributed by atoms with Gasteiger partial charge in [0.25, 0.3) is 0 Å². The van der Waals surface area contributed by atoms with Crippen molar-refractivity contribution in [1.82, 2.24) is 0 Å². The zero-order chi connectivity index (χ0) is 2.71. The predicted molar refractivity (Wildman–Crippen MR) is 22.8 cm³/mol. The number of rotatable bonds is 0. The molecule has 0 atom stereocenters. The molecule has 4 heavy (non-hydrogen) atoms. The van der Waals surface area contributed by atoms with Crippen molar-refractivity contribution in [2.24, 2.45) is 0 Å². The van der Waals surface area contributed by atoms with Gasteiger partial charge in [-0.3, -0.25) is 0 Å². The first kappa shape index (κ1) is 8.90. The van der Waals surface area contributed by atoms with E-state index in [0.29, 0.717) is 0 Å². The van der Waals surface area contributed by atoms with Crippen LogP contribution < -0.4 is 0 Å². The van der Waals surface area contributed by atoms with Gasteiger partial charge in [-0.1, -0.05) is 0 Å². The van der Waals surface area contributed by atoms with Crippen LogP contribution in [0.3, 0.4) is 0 Å². The average Bonchev–Trinajstić information content (AvgIpc) is 0.918. The van der Waals surface area contributed by atoms with Crippen LogP contribution in [-0.2, 0) is 0 Å². The van der Waals surface area contributed by atoms with E-state index in [4.69, 9.17) is 5.11 Å². The monoisotopic (exact) mass is 68.0 g/mol. The van der Waals surface area contributed by atoms with E-state index in [1.807, 2.05) is 0 Å². The van der Waals surface area contributed by atoms with Gasteiger partial charge in [-0.05, 0) is 0 Å². The molecular weight excluding hydrogens is 61.8 g/mol. The van der Waals surface area contributed by atoms with Crippen molar-refractivity contribution in [3.63, 3.8) is 0 Å². The summed E-state index contributed by atoms with van der Waals surface area (Å²) in [5.41, 5.74) is 0. The Hall–Kier alpha value is 1.02. The summed E-state index contributed by atoms with van der Waals surface area (Å²) < 4.78 is 0. The minimum absolute atomic E-state index is 0. The van der Waals surface area contributed by atoms with E-state index < -0.39 is 0 Å². The third-order valence-corrected chi connectivity index (χ3v) is 0. The van der Waals surface area contributed by atoms with Crippen molar-refractivity contribution in [3.05, 3.63) is 0 Å². The molecule has 1 nitrogen and oxygen atoms in total. The normalized spacial score (nSPS) is 4.25. The first-order valence-corrected chi connectivity index (χ1v) is 1.02. The molecule has 0 saturated carbocycles. The Labute approximate surface area is 49.1 Å². The molecule has 0 bridgehead atoms. The average molecular weight is 67.9 g/mol. The van der Waals surface area contributed by atoms with E-state index in [2.05, 4.69) is 0 Å². The molecule has 20 valence electrons. The van der Waals surface area contributed by atoms with Crippen LogP contribution in [0, 0.1) is 0 Å².